The molecule has 0 bridgehead atoms. The Hall–Kier alpha value is -3.07. The molecule has 3 aromatic carbocycles. The zero-order valence-electron chi connectivity index (χ0n) is 14.5. The first-order valence-electron chi connectivity index (χ1n) is 8.49. The minimum atomic E-state index is 0.765. The van der Waals surface area contributed by atoms with Crippen LogP contribution in [0, 0.1) is 13.8 Å². The van der Waals surface area contributed by atoms with Crippen LogP contribution in [-0.2, 0) is 6.54 Å². The summed E-state index contributed by atoms with van der Waals surface area (Å²) < 4.78 is 2.29. The topological polar surface area (TPSA) is 43.8 Å². The van der Waals surface area contributed by atoms with Gasteiger partial charge >= 0.3 is 0 Å². The van der Waals surface area contributed by atoms with Gasteiger partial charge in [0.1, 0.15) is 5.82 Å². The quantitative estimate of drug-likeness (QED) is 0.541. The molecule has 0 saturated carbocycles. The van der Waals surface area contributed by atoms with Gasteiger partial charge in [0.05, 0.1) is 11.0 Å². The first kappa shape index (κ1) is 15.5. The minimum Gasteiger partial charge on any atom is -0.399 e. The van der Waals surface area contributed by atoms with E-state index in [0.29, 0.717) is 0 Å². The van der Waals surface area contributed by atoms with E-state index in [1.165, 1.54) is 22.2 Å². The maximum atomic E-state index is 5.85. The Morgan fingerprint density at radius 1 is 0.880 bits per heavy atom. The number of fused-ring (bicyclic) bond motifs is 1. The molecular weight excluding hydrogens is 306 g/mol. The van der Waals surface area contributed by atoms with Crippen molar-refractivity contribution in [3.63, 3.8) is 0 Å². The third kappa shape index (κ3) is 2.89. The molecule has 124 valence electrons. The molecule has 0 saturated heterocycles. The van der Waals surface area contributed by atoms with Gasteiger partial charge in [-0.2, -0.15) is 0 Å². The lowest BCUT2D eigenvalue weighted by molar-refractivity contribution is 0.834. The number of aromatic nitrogens is 2. The number of nitrogen functional groups attached to an aromatic ring is 1. The van der Waals surface area contributed by atoms with Crippen molar-refractivity contribution in [2.75, 3.05) is 5.73 Å². The molecule has 1 aromatic heterocycles. The first-order chi connectivity index (χ1) is 12.1. The third-order valence-corrected chi connectivity index (χ3v) is 4.72. The van der Waals surface area contributed by atoms with E-state index in [1.807, 2.05) is 30.3 Å². The van der Waals surface area contributed by atoms with Crippen molar-refractivity contribution in [1.29, 1.82) is 0 Å². The van der Waals surface area contributed by atoms with E-state index in [1.54, 1.807) is 0 Å². The monoisotopic (exact) mass is 327 g/mol. The average molecular weight is 327 g/mol. The van der Waals surface area contributed by atoms with Crippen molar-refractivity contribution in [2.24, 2.45) is 0 Å². The molecule has 25 heavy (non-hydrogen) atoms. The maximum Gasteiger partial charge on any atom is 0.141 e. The van der Waals surface area contributed by atoms with E-state index >= 15 is 0 Å². The lowest BCUT2D eigenvalue weighted by Crippen LogP contribution is -2.02. The molecule has 0 spiro atoms. The molecule has 0 amide bonds. The fourth-order valence-electron chi connectivity index (χ4n) is 3.16. The Balaban J connectivity index is 1.94. The molecule has 4 aromatic rings. The largest absolute Gasteiger partial charge is 0.399 e. The molecule has 2 N–H and O–H groups in total. The molecule has 0 atom stereocenters. The normalized spacial score (nSPS) is 11.1. The average Bonchev–Trinajstić information content (AvgIpc) is 2.94. The van der Waals surface area contributed by atoms with Crippen LogP contribution in [0.3, 0.4) is 0 Å². The number of rotatable bonds is 3. The minimum absolute atomic E-state index is 0.765. The van der Waals surface area contributed by atoms with Gasteiger partial charge in [0.15, 0.2) is 0 Å². The van der Waals surface area contributed by atoms with E-state index in [9.17, 15) is 0 Å². The summed E-state index contributed by atoms with van der Waals surface area (Å²) in [4.78, 5) is 4.93. The fourth-order valence-corrected chi connectivity index (χ4v) is 3.16. The Kier molecular flexibility index (Phi) is 3.77. The van der Waals surface area contributed by atoms with Crippen molar-refractivity contribution in [3.05, 3.63) is 83.4 Å². The van der Waals surface area contributed by atoms with Gasteiger partial charge in [-0.1, -0.05) is 30.3 Å². The molecule has 3 heteroatoms. The third-order valence-electron chi connectivity index (χ3n) is 4.72. The predicted molar refractivity (Wildman–Crippen MR) is 105 cm³/mol. The molecule has 0 aliphatic heterocycles. The molecular formula is C22H21N3. The molecule has 0 aliphatic carbocycles. The summed E-state index contributed by atoms with van der Waals surface area (Å²) in [5.74, 6) is 0.976. The van der Waals surface area contributed by atoms with E-state index in [-0.39, 0.29) is 0 Å². The summed E-state index contributed by atoms with van der Waals surface area (Å²) in [6, 6.07) is 22.8. The van der Waals surface area contributed by atoms with Crippen molar-refractivity contribution >= 4 is 16.7 Å². The van der Waals surface area contributed by atoms with E-state index in [2.05, 4.69) is 54.8 Å². The molecule has 3 nitrogen and oxygen atoms in total. The van der Waals surface area contributed by atoms with E-state index in [0.717, 1.165) is 29.1 Å². The van der Waals surface area contributed by atoms with Gasteiger partial charge in [-0.3, -0.25) is 0 Å². The zero-order chi connectivity index (χ0) is 17.4. The summed E-state index contributed by atoms with van der Waals surface area (Å²) in [6.07, 6.45) is 0. The summed E-state index contributed by atoms with van der Waals surface area (Å²) in [7, 11) is 0. The number of imidazole rings is 1. The highest BCUT2D eigenvalue weighted by Gasteiger charge is 2.14. The number of nitrogens with two attached hydrogens (primary N) is 1. The first-order valence-corrected chi connectivity index (χ1v) is 8.49. The van der Waals surface area contributed by atoms with Gasteiger partial charge in [0.2, 0.25) is 0 Å². The van der Waals surface area contributed by atoms with Crippen molar-refractivity contribution in [2.45, 2.75) is 20.4 Å². The van der Waals surface area contributed by atoms with Crippen LogP contribution in [0.15, 0.2) is 66.7 Å². The number of hydrogen-bond donors (Lipinski definition) is 1. The van der Waals surface area contributed by atoms with Crippen molar-refractivity contribution in [1.82, 2.24) is 9.55 Å². The highest BCUT2D eigenvalue weighted by atomic mass is 15.1. The lowest BCUT2D eigenvalue weighted by atomic mass is 10.1. The predicted octanol–water partition coefficient (Wildman–Crippen LogP) is 4.95. The standard InChI is InChI=1S/C22H21N3/c1-15-12-20-21(13-16(15)2)25(14-17-6-4-3-5-7-17)22(24-20)18-8-10-19(23)11-9-18/h3-13H,14,23H2,1-2H3. The smallest absolute Gasteiger partial charge is 0.141 e. The van der Waals surface area contributed by atoms with Gasteiger partial charge in [0, 0.05) is 17.8 Å². The number of hydrogen-bond acceptors (Lipinski definition) is 2. The number of nitrogens with zero attached hydrogens (tertiary/aromatic N) is 2. The molecule has 0 aliphatic rings. The second-order valence-electron chi connectivity index (χ2n) is 6.55. The summed E-state index contributed by atoms with van der Waals surface area (Å²) in [6.45, 7) is 5.07. The highest BCUT2D eigenvalue weighted by Crippen LogP contribution is 2.28. The Bertz CT molecular complexity index is 1030. The van der Waals surface area contributed by atoms with Crippen LogP contribution < -0.4 is 5.73 Å². The molecule has 1 heterocycles. The van der Waals surface area contributed by atoms with Crippen LogP contribution in [0.1, 0.15) is 16.7 Å². The summed E-state index contributed by atoms with van der Waals surface area (Å²) in [5.41, 5.74) is 13.7. The second-order valence-corrected chi connectivity index (χ2v) is 6.55. The van der Waals surface area contributed by atoms with Gasteiger partial charge < -0.3 is 10.3 Å². The Morgan fingerprint density at radius 2 is 1.56 bits per heavy atom. The number of anilines is 1. The van der Waals surface area contributed by atoms with Gasteiger partial charge in [-0.15, -0.1) is 0 Å². The number of aryl methyl sites for hydroxylation is 2. The van der Waals surface area contributed by atoms with Crippen molar-refractivity contribution < 1.29 is 0 Å². The van der Waals surface area contributed by atoms with Crippen LogP contribution >= 0.6 is 0 Å². The van der Waals surface area contributed by atoms with Crippen molar-refractivity contribution in [3.8, 4) is 11.4 Å². The Labute approximate surface area is 147 Å². The number of benzene rings is 3. The van der Waals surface area contributed by atoms with E-state index < -0.39 is 0 Å². The van der Waals surface area contributed by atoms with Crippen LogP contribution in [-0.4, -0.2) is 9.55 Å². The summed E-state index contributed by atoms with van der Waals surface area (Å²) >= 11 is 0. The molecule has 0 fully saturated rings. The maximum absolute atomic E-state index is 5.85. The SMILES string of the molecule is Cc1cc2nc(-c3ccc(N)cc3)n(Cc3ccccc3)c2cc1C. The van der Waals surface area contributed by atoms with Gasteiger partial charge in [-0.25, -0.2) is 4.98 Å². The highest BCUT2D eigenvalue weighted by molar-refractivity contribution is 5.82. The zero-order valence-corrected chi connectivity index (χ0v) is 14.5. The van der Waals surface area contributed by atoms with E-state index in [4.69, 9.17) is 10.7 Å². The molecule has 4 rings (SSSR count). The summed E-state index contributed by atoms with van der Waals surface area (Å²) in [5, 5.41) is 0. The molecule has 0 unspecified atom stereocenters. The second kappa shape index (κ2) is 6.10. The lowest BCUT2D eigenvalue weighted by Gasteiger charge is -2.10. The van der Waals surface area contributed by atoms with Crippen LogP contribution in [0.2, 0.25) is 0 Å². The van der Waals surface area contributed by atoms with Gasteiger partial charge in [-0.05, 0) is 66.9 Å². The van der Waals surface area contributed by atoms with Crippen LogP contribution in [0.4, 0.5) is 5.69 Å². The Morgan fingerprint density at radius 3 is 2.28 bits per heavy atom. The van der Waals surface area contributed by atoms with Gasteiger partial charge in [0.25, 0.3) is 0 Å². The molecule has 0 radical (unpaired) electrons. The van der Waals surface area contributed by atoms with Crippen LogP contribution in [0.5, 0.6) is 0 Å². The van der Waals surface area contributed by atoms with Crippen LogP contribution in [0.25, 0.3) is 22.4 Å². The fraction of sp³-hybridized carbons (Fsp3) is 0.136.